The summed E-state index contributed by atoms with van der Waals surface area (Å²) in [5.74, 6) is 5.01. The molecule has 3 aromatic carbocycles. The standard InChI is InChI=1S/C25H27N3O5S/c1-2-32-25(29)19-28(34(30,31)24-9-4-3-5-10-24)22-7-6-8-23(17-22)33-16-15-20-11-13-21(14-12-20)18-27-26/h3-14,17-18H,2,15-16,19,26H2,1H3. The first-order valence-electron chi connectivity index (χ1n) is 10.7. The van der Waals surface area contributed by atoms with Gasteiger partial charge in [0.2, 0.25) is 0 Å². The molecule has 0 radical (unpaired) electrons. The minimum Gasteiger partial charge on any atom is -0.493 e. The number of ether oxygens (including phenoxy) is 2. The van der Waals surface area contributed by atoms with Crippen LogP contribution in [0.4, 0.5) is 5.69 Å². The van der Waals surface area contributed by atoms with E-state index in [0.717, 1.165) is 15.4 Å². The molecule has 9 heteroatoms. The maximum atomic E-state index is 13.3. The lowest BCUT2D eigenvalue weighted by Gasteiger charge is -2.24. The molecule has 0 fully saturated rings. The number of rotatable bonds is 11. The van der Waals surface area contributed by atoms with Crippen LogP contribution in [-0.2, 0) is 26.0 Å². The fourth-order valence-electron chi connectivity index (χ4n) is 3.23. The van der Waals surface area contributed by atoms with Crippen molar-refractivity contribution in [3.05, 3.63) is 90.0 Å². The third-order valence-electron chi connectivity index (χ3n) is 4.88. The third-order valence-corrected chi connectivity index (χ3v) is 6.67. The smallest absolute Gasteiger partial charge is 0.326 e. The molecular formula is C25H27N3O5S. The molecule has 2 N–H and O–H groups in total. The summed E-state index contributed by atoms with van der Waals surface area (Å²) in [6.45, 7) is 1.76. The van der Waals surface area contributed by atoms with Crippen molar-refractivity contribution in [2.45, 2.75) is 18.2 Å². The van der Waals surface area contributed by atoms with Gasteiger partial charge < -0.3 is 15.3 Å². The molecule has 0 saturated carbocycles. The van der Waals surface area contributed by atoms with Crippen LogP contribution in [0.3, 0.4) is 0 Å². The molecule has 8 nitrogen and oxygen atoms in total. The first-order chi connectivity index (χ1) is 16.4. The summed E-state index contributed by atoms with van der Waals surface area (Å²) >= 11 is 0. The van der Waals surface area contributed by atoms with Crippen LogP contribution in [0.25, 0.3) is 0 Å². The minimum atomic E-state index is -4.00. The molecule has 0 amide bonds. The molecule has 0 aliphatic carbocycles. The molecule has 3 rings (SSSR count). The molecule has 3 aromatic rings. The van der Waals surface area contributed by atoms with Crippen LogP contribution in [-0.4, -0.2) is 40.4 Å². The molecule has 0 heterocycles. The number of benzene rings is 3. The van der Waals surface area contributed by atoms with Crippen LogP contribution in [0.2, 0.25) is 0 Å². The summed E-state index contributed by atoms with van der Waals surface area (Å²) in [5, 5.41) is 3.50. The first-order valence-corrected chi connectivity index (χ1v) is 12.2. The number of hydrazone groups is 1. The van der Waals surface area contributed by atoms with Gasteiger partial charge in [-0.3, -0.25) is 9.10 Å². The van der Waals surface area contributed by atoms with Crippen molar-refractivity contribution in [2.24, 2.45) is 10.9 Å². The van der Waals surface area contributed by atoms with Gasteiger partial charge in [0.1, 0.15) is 12.3 Å². The van der Waals surface area contributed by atoms with Crippen molar-refractivity contribution in [3.63, 3.8) is 0 Å². The molecule has 0 atom stereocenters. The molecule has 0 aliphatic heterocycles. The van der Waals surface area contributed by atoms with E-state index in [0.29, 0.717) is 24.5 Å². The molecule has 0 aromatic heterocycles. The highest BCUT2D eigenvalue weighted by atomic mass is 32.2. The Kier molecular flexibility index (Phi) is 8.64. The zero-order valence-electron chi connectivity index (χ0n) is 18.8. The van der Waals surface area contributed by atoms with Gasteiger partial charge in [0.05, 0.1) is 30.0 Å². The van der Waals surface area contributed by atoms with Gasteiger partial charge in [-0.15, -0.1) is 0 Å². The Morgan fingerprint density at radius 3 is 2.44 bits per heavy atom. The monoisotopic (exact) mass is 481 g/mol. The van der Waals surface area contributed by atoms with E-state index < -0.39 is 22.5 Å². The number of nitrogens with zero attached hydrogens (tertiary/aromatic N) is 2. The van der Waals surface area contributed by atoms with Crippen LogP contribution < -0.4 is 14.9 Å². The first kappa shape index (κ1) is 24.8. The van der Waals surface area contributed by atoms with E-state index in [1.807, 2.05) is 24.3 Å². The largest absolute Gasteiger partial charge is 0.493 e. The number of hydrogen-bond donors (Lipinski definition) is 1. The Morgan fingerprint density at radius 1 is 1.03 bits per heavy atom. The zero-order valence-corrected chi connectivity index (χ0v) is 19.6. The van der Waals surface area contributed by atoms with E-state index in [4.69, 9.17) is 15.3 Å². The van der Waals surface area contributed by atoms with Crippen molar-refractivity contribution in [3.8, 4) is 5.75 Å². The van der Waals surface area contributed by atoms with Gasteiger partial charge in [-0.2, -0.15) is 5.10 Å². The summed E-state index contributed by atoms with van der Waals surface area (Å²) in [4.78, 5) is 12.3. The second-order valence-corrected chi connectivity index (χ2v) is 9.11. The van der Waals surface area contributed by atoms with Gasteiger partial charge in [0, 0.05) is 12.5 Å². The maximum Gasteiger partial charge on any atom is 0.326 e. The molecule has 178 valence electrons. The number of esters is 1. The quantitative estimate of drug-likeness (QED) is 0.195. The Hall–Kier alpha value is -3.85. The maximum absolute atomic E-state index is 13.3. The van der Waals surface area contributed by atoms with Gasteiger partial charge in [0.15, 0.2) is 0 Å². The average Bonchev–Trinajstić information content (AvgIpc) is 2.85. The van der Waals surface area contributed by atoms with E-state index in [1.165, 1.54) is 12.1 Å². The summed E-state index contributed by atoms with van der Waals surface area (Å²) in [7, 11) is -4.00. The van der Waals surface area contributed by atoms with E-state index in [-0.39, 0.29) is 11.5 Å². The predicted octanol–water partition coefficient (Wildman–Crippen LogP) is 3.36. The minimum absolute atomic E-state index is 0.0775. The highest BCUT2D eigenvalue weighted by Gasteiger charge is 2.27. The topological polar surface area (TPSA) is 111 Å². The van der Waals surface area contributed by atoms with Gasteiger partial charge in [-0.25, -0.2) is 8.42 Å². The summed E-state index contributed by atoms with van der Waals surface area (Å²) in [6.07, 6.45) is 2.22. The summed E-state index contributed by atoms with van der Waals surface area (Å²) in [5.41, 5.74) is 2.28. The van der Waals surface area contributed by atoms with E-state index in [1.54, 1.807) is 55.6 Å². The lowest BCUT2D eigenvalue weighted by Crippen LogP contribution is -2.36. The Morgan fingerprint density at radius 2 is 1.76 bits per heavy atom. The van der Waals surface area contributed by atoms with Crippen LogP contribution >= 0.6 is 0 Å². The van der Waals surface area contributed by atoms with E-state index >= 15 is 0 Å². The highest BCUT2D eigenvalue weighted by molar-refractivity contribution is 7.92. The molecule has 0 aliphatic rings. The Balaban J connectivity index is 1.77. The number of hydrogen-bond acceptors (Lipinski definition) is 7. The fourth-order valence-corrected chi connectivity index (χ4v) is 4.65. The second-order valence-electron chi connectivity index (χ2n) is 7.25. The van der Waals surface area contributed by atoms with E-state index in [2.05, 4.69) is 5.10 Å². The summed E-state index contributed by atoms with van der Waals surface area (Å²) in [6, 6.07) is 22.3. The number of carbonyl (C=O) groups is 1. The lowest BCUT2D eigenvalue weighted by molar-refractivity contribution is -0.141. The number of carbonyl (C=O) groups excluding carboxylic acids is 1. The van der Waals surface area contributed by atoms with E-state index in [9.17, 15) is 13.2 Å². The average molecular weight is 482 g/mol. The molecule has 0 unspecified atom stereocenters. The van der Waals surface area contributed by atoms with Crippen LogP contribution in [0.15, 0.2) is 88.9 Å². The van der Waals surface area contributed by atoms with Crippen molar-refractivity contribution in [1.29, 1.82) is 0 Å². The van der Waals surface area contributed by atoms with Crippen LogP contribution in [0.1, 0.15) is 18.1 Å². The SMILES string of the molecule is CCOC(=O)CN(c1cccc(OCCc2ccc(C=NN)cc2)c1)S(=O)(=O)c1ccccc1. The molecular weight excluding hydrogens is 454 g/mol. The van der Waals surface area contributed by atoms with Crippen molar-refractivity contribution in [1.82, 2.24) is 0 Å². The Labute approximate surface area is 199 Å². The van der Waals surface area contributed by atoms with Crippen LogP contribution in [0.5, 0.6) is 5.75 Å². The zero-order chi connectivity index (χ0) is 24.4. The Bertz CT molecular complexity index is 1210. The fraction of sp³-hybridized carbons (Fsp3) is 0.200. The number of sulfonamides is 1. The number of nitrogens with two attached hydrogens (primary N) is 1. The van der Waals surface area contributed by atoms with Gasteiger partial charge in [-0.05, 0) is 42.3 Å². The predicted molar refractivity (Wildman–Crippen MR) is 131 cm³/mol. The normalized spacial score (nSPS) is 11.3. The van der Waals surface area contributed by atoms with Gasteiger partial charge in [0.25, 0.3) is 10.0 Å². The van der Waals surface area contributed by atoms with Crippen LogP contribution in [0, 0.1) is 0 Å². The second kappa shape index (κ2) is 11.9. The van der Waals surface area contributed by atoms with Gasteiger partial charge in [-0.1, -0.05) is 48.5 Å². The lowest BCUT2D eigenvalue weighted by atomic mass is 10.1. The number of anilines is 1. The molecule has 34 heavy (non-hydrogen) atoms. The van der Waals surface area contributed by atoms with Crippen molar-refractivity contribution in [2.75, 3.05) is 24.1 Å². The highest BCUT2D eigenvalue weighted by Crippen LogP contribution is 2.27. The molecule has 0 spiro atoms. The molecule has 0 saturated heterocycles. The van der Waals surface area contributed by atoms with Crippen molar-refractivity contribution >= 4 is 27.9 Å². The third kappa shape index (κ3) is 6.58. The molecule has 0 bridgehead atoms. The van der Waals surface area contributed by atoms with Crippen molar-refractivity contribution < 1.29 is 22.7 Å². The van der Waals surface area contributed by atoms with Gasteiger partial charge >= 0.3 is 5.97 Å². The summed E-state index contributed by atoms with van der Waals surface area (Å²) < 4.78 is 38.5.